The molecule has 0 spiro atoms. The van der Waals surface area contributed by atoms with Crippen molar-refractivity contribution in [3.05, 3.63) is 71.8 Å². The molecule has 0 aromatic heterocycles. The van der Waals surface area contributed by atoms with Gasteiger partial charge in [0.1, 0.15) is 0 Å². The SMILES string of the molecule is CCNC(=O)CNCC(c1ccccc1)c1ccccc1. The largest absolute Gasteiger partial charge is 0.355 e. The van der Waals surface area contributed by atoms with Gasteiger partial charge in [0.2, 0.25) is 5.91 Å². The fourth-order valence-corrected chi connectivity index (χ4v) is 2.39. The monoisotopic (exact) mass is 282 g/mol. The van der Waals surface area contributed by atoms with Crippen LogP contribution in [0.25, 0.3) is 0 Å². The molecule has 0 heterocycles. The van der Waals surface area contributed by atoms with E-state index in [1.165, 1.54) is 11.1 Å². The number of amides is 1. The van der Waals surface area contributed by atoms with E-state index in [4.69, 9.17) is 0 Å². The Balaban J connectivity index is 2.05. The van der Waals surface area contributed by atoms with Gasteiger partial charge < -0.3 is 10.6 Å². The fourth-order valence-electron chi connectivity index (χ4n) is 2.39. The van der Waals surface area contributed by atoms with Gasteiger partial charge in [-0.1, -0.05) is 60.7 Å². The van der Waals surface area contributed by atoms with E-state index >= 15 is 0 Å². The van der Waals surface area contributed by atoms with Gasteiger partial charge in [-0.15, -0.1) is 0 Å². The first-order chi connectivity index (χ1) is 10.3. The summed E-state index contributed by atoms with van der Waals surface area (Å²) in [6.07, 6.45) is 0. The molecule has 0 fully saturated rings. The first-order valence-electron chi connectivity index (χ1n) is 7.38. The Kier molecular flexibility index (Phi) is 5.98. The molecule has 110 valence electrons. The van der Waals surface area contributed by atoms with Crippen LogP contribution in [0.2, 0.25) is 0 Å². The molecule has 0 bridgehead atoms. The molecule has 0 aliphatic carbocycles. The molecule has 0 saturated heterocycles. The summed E-state index contributed by atoms with van der Waals surface area (Å²) in [5, 5.41) is 6.05. The maximum Gasteiger partial charge on any atom is 0.233 e. The highest BCUT2D eigenvalue weighted by molar-refractivity contribution is 5.77. The Morgan fingerprint density at radius 2 is 1.48 bits per heavy atom. The second kappa shape index (κ2) is 8.22. The summed E-state index contributed by atoms with van der Waals surface area (Å²) in [7, 11) is 0. The molecular formula is C18H22N2O. The van der Waals surface area contributed by atoms with Crippen LogP contribution in [-0.4, -0.2) is 25.5 Å². The zero-order chi connectivity index (χ0) is 14.9. The van der Waals surface area contributed by atoms with Crippen LogP contribution in [-0.2, 0) is 4.79 Å². The quantitative estimate of drug-likeness (QED) is 0.819. The number of carbonyl (C=O) groups excluding carboxylic acids is 1. The Hall–Kier alpha value is -2.13. The first-order valence-corrected chi connectivity index (χ1v) is 7.38. The van der Waals surface area contributed by atoms with Gasteiger partial charge in [0.25, 0.3) is 0 Å². The van der Waals surface area contributed by atoms with Crippen molar-refractivity contribution < 1.29 is 4.79 Å². The number of hydrogen-bond donors (Lipinski definition) is 2. The van der Waals surface area contributed by atoms with Crippen LogP contribution in [0.15, 0.2) is 60.7 Å². The van der Waals surface area contributed by atoms with Crippen LogP contribution in [0.4, 0.5) is 0 Å². The van der Waals surface area contributed by atoms with Crippen molar-refractivity contribution in [1.29, 1.82) is 0 Å². The van der Waals surface area contributed by atoms with Crippen LogP contribution in [0.1, 0.15) is 24.0 Å². The zero-order valence-corrected chi connectivity index (χ0v) is 12.4. The van der Waals surface area contributed by atoms with Crippen LogP contribution in [0, 0.1) is 0 Å². The van der Waals surface area contributed by atoms with Crippen molar-refractivity contribution in [2.45, 2.75) is 12.8 Å². The van der Waals surface area contributed by atoms with Crippen molar-refractivity contribution in [2.75, 3.05) is 19.6 Å². The van der Waals surface area contributed by atoms with E-state index < -0.39 is 0 Å². The normalized spacial score (nSPS) is 10.6. The van der Waals surface area contributed by atoms with Gasteiger partial charge in [-0.25, -0.2) is 0 Å². The fraction of sp³-hybridized carbons (Fsp3) is 0.278. The maximum atomic E-state index is 11.5. The molecule has 2 aromatic rings. The summed E-state index contributed by atoms with van der Waals surface area (Å²) in [4.78, 5) is 11.5. The van der Waals surface area contributed by atoms with E-state index in [1.54, 1.807) is 0 Å². The van der Waals surface area contributed by atoms with Gasteiger partial charge in [-0.05, 0) is 18.1 Å². The summed E-state index contributed by atoms with van der Waals surface area (Å²) in [5.74, 6) is 0.291. The van der Waals surface area contributed by atoms with E-state index in [2.05, 4.69) is 59.2 Å². The van der Waals surface area contributed by atoms with Crippen molar-refractivity contribution in [3.8, 4) is 0 Å². The lowest BCUT2D eigenvalue weighted by atomic mass is 9.91. The lowest BCUT2D eigenvalue weighted by Gasteiger charge is -2.18. The summed E-state index contributed by atoms with van der Waals surface area (Å²) in [6, 6.07) is 20.8. The van der Waals surface area contributed by atoms with E-state index in [0.717, 1.165) is 6.54 Å². The molecule has 3 nitrogen and oxygen atoms in total. The minimum Gasteiger partial charge on any atom is -0.355 e. The van der Waals surface area contributed by atoms with E-state index in [9.17, 15) is 4.79 Å². The standard InChI is InChI=1S/C18H22N2O/c1-2-20-18(21)14-19-13-17(15-9-5-3-6-10-15)16-11-7-4-8-12-16/h3-12,17,19H,2,13-14H2,1H3,(H,20,21). The van der Waals surface area contributed by atoms with Crippen molar-refractivity contribution in [1.82, 2.24) is 10.6 Å². The van der Waals surface area contributed by atoms with Crippen molar-refractivity contribution in [2.24, 2.45) is 0 Å². The van der Waals surface area contributed by atoms with E-state index in [0.29, 0.717) is 13.1 Å². The summed E-state index contributed by atoms with van der Waals surface area (Å²) in [5.41, 5.74) is 2.51. The summed E-state index contributed by atoms with van der Waals surface area (Å²) < 4.78 is 0. The molecule has 21 heavy (non-hydrogen) atoms. The van der Waals surface area contributed by atoms with Gasteiger partial charge in [0, 0.05) is 19.0 Å². The molecule has 0 radical (unpaired) electrons. The predicted octanol–water partition coefficient (Wildman–Crippen LogP) is 2.54. The molecule has 0 aliphatic rings. The molecule has 0 atom stereocenters. The first kappa shape index (κ1) is 15.3. The average Bonchev–Trinajstić information content (AvgIpc) is 2.53. The van der Waals surface area contributed by atoms with Gasteiger partial charge in [0.15, 0.2) is 0 Å². The van der Waals surface area contributed by atoms with E-state index in [1.807, 2.05) is 19.1 Å². The van der Waals surface area contributed by atoms with Gasteiger partial charge >= 0.3 is 0 Å². The Bertz CT molecular complexity index is 500. The third-order valence-corrected chi connectivity index (χ3v) is 3.41. The van der Waals surface area contributed by atoms with Crippen molar-refractivity contribution in [3.63, 3.8) is 0 Å². The Morgan fingerprint density at radius 1 is 0.952 bits per heavy atom. The van der Waals surface area contributed by atoms with Crippen LogP contribution in [0.5, 0.6) is 0 Å². The molecular weight excluding hydrogens is 260 g/mol. The maximum absolute atomic E-state index is 11.5. The third-order valence-electron chi connectivity index (χ3n) is 3.41. The smallest absolute Gasteiger partial charge is 0.233 e. The highest BCUT2D eigenvalue weighted by atomic mass is 16.1. The average molecular weight is 282 g/mol. The van der Waals surface area contributed by atoms with Crippen LogP contribution >= 0.6 is 0 Å². The number of carbonyl (C=O) groups is 1. The predicted molar refractivity (Wildman–Crippen MR) is 86.3 cm³/mol. The molecule has 0 saturated carbocycles. The highest BCUT2D eigenvalue weighted by Gasteiger charge is 2.13. The van der Waals surface area contributed by atoms with E-state index in [-0.39, 0.29) is 11.8 Å². The molecule has 2 aromatic carbocycles. The molecule has 1 amide bonds. The summed E-state index contributed by atoms with van der Waals surface area (Å²) >= 11 is 0. The molecule has 2 N–H and O–H groups in total. The van der Waals surface area contributed by atoms with Gasteiger partial charge in [0.05, 0.1) is 6.54 Å². The molecule has 0 aliphatic heterocycles. The lowest BCUT2D eigenvalue weighted by molar-refractivity contribution is -0.120. The van der Waals surface area contributed by atoms with Crippen LogP contribution < -0.4 is 10.6 Å². The Morgan fingerprint density at radius 3 is 1.95 bits per heavy atom. The molecule has 3 heteroatoms. The van der Waals surface area contributed by atoms with Gasteiger partial charge in [-0.3, -0.25) is 4.79 Å². The minimum atomic E-state index is 0.0392. The number of likely N-dealkylation sites (N-methyl/N-ethyl adjacent to an activating group) is 1. The third kappa shape index (κ3) is 4.72. The number of benzene rings is 2. The second-order valence-corrected chi connectivity index (χ2v) is 4.96. The molecule has 0 unspecified atom stereocenters. The van der Waals surface area contributed by atoms with Crippen molar-refractivity contribution >= 4 is 5.91 Å². The molecule has 2 rings (SSSR count). The number of rotatable bonds is 7. The minimum absolute atomic E-state index is 0.0392. The van der Waals surface area contributed by atoms with Gasteiger partial charge in [-0.2, -0.15) is 0 Å². The zero-order valence-electron chi connectivity index (χ0n) is 12.4. The Labute approximate surface area is 126 Å². The summed E-state index contributed by atoms with van der Waals surface area (Å²) in [6.45, 7) is 3.69. The highest BCUT2D eigenvalue weighted by Crippen LogP contribution is 2.23. The second-order valence-electron chi connectivity index (χ2n) is 4.96. The number of nitrogens with one attached hydrogen (secondary N) is 2. The topological polar surface area (TPSA) is 41.1 Å². The number of hydrogen-bond acceptors (Lipinski definition) is 2. The lowest BCUT2D eigenvalue weighted by Crippen LogP contribution is -2.35. The van der Waals surface area contributed by atoms with Crippen LogP contribution in [0.3, 0.4) is 0 Å².